The topological polar surface area (TPSA) is 35.9 Å². The lowest BCUT2D eigenvalue weighted by Gasteiger charge is -2.20. The van der Waals surface area contributed by atoms with Crippen LogP contribution in [0, 0.1) is 6.92 Å². The van der Waals surface area contributed by atoms with Crippen LogP contribution in [0.4, 0.5) is 11.4 Å². The van der Waals surface area contributed by atoms with Gasteiger partial charge >= 0.3 is 0 Å². The van der Waals surface area contributed by atoms with Crippen LogP contribution in [0.25, 0.3) is 6.08 Å². The molecule has 28 heavy (non-hydrogen) atoms. The van der Waals surface area contributed by atoms with Crippen LogP contribution in [0.15, 0.2) is 52.4 Å². The van der Waals surface area contributed by atoms with Gasteiger partial charge in [0.05, 0.1) is 10.6 Å². The van der Waals surface area contributed by atoms with E-state index in [0.29, 0.717) is 15.1 Å². The van der Waals surface area contributed by atoms with E-state index in [1.54, 1.807) is 24.1 Å². The van der Waals surface area contributed by atoms with E-state index in [-0.39, 0.29) is 5.91 Å². The molecule has 4 nitrogen and oxygen atoms in total. The molecular formula is C22H22ClN3OS. The second kappa shape index (κ2) is 8.02. The third-order valence-electron chi connectivity index (χ3n) is 5.00. The molecule has 0 aliphatic carbocycles. The molecule has 2 fully saturated rings. The van der Waals surface area contributed by atoms with E-state index in [1.807, 2.05) is 18.2 Å². The lowest BCUT2D eigenvalue weighted by Crippen LogP contribution is -2.23. The Hall–Kier alpha value is -2.24. The molecule has 2 heterocycles. The van der Waals surface area contributed by atoms with Crippen LogP contribution in [0.1, 0.15) is 24.0 Å². The number of nitrogens with zero attached hydrogens (tertiary/aromatic N) is 3. The first kappa shape index (κ1) is 19.1. The molecule has 0 atom stereocenters. The Labute approximate surface area is 174 Å². The molecule has 2 aliphatic rings. The zero-order valence-corrected chi connectivity index (χ0v) is 17.6. The first-order chi connectivity index (χ1) is 13.5. The highest BCUT2D eigenvalue weighted by atomic mass is 35.5. The van der Waals surface area contributed by atoms with E-state index in [0.717, 1.165) is 24.3 Å². The number of amides is 1. The van der Waals surface area contributed by atoms with E-state index >= 15 is 0 Å². The van der Waals surface area contributed by atoms with Gasteiger partial charge in [-0.05, 0) is 79.1 Å². The summed E-state index contributed by atoms with van der Waals surface area (Å²) in [6, 6.07) is 13.7. The number of carbonyl (C=O) groups is 1. The Balaban J connectivity index is 1.58. The molecule has 2 saturated heterocycles. The van der Waals surface area contributed by atoms with Gasteiger partial charge in [0.1, 0.15) is 0 Å². The van der Waals surface area contributed by atoms with Gasteiger partial charge in [0.25, 0.3) is 5.91 Å². The van der Waals surface area contributed by atoms with Crippen LogP contribution in [-0.4, -0.2) is 36.1 Å². The Morgan fingerprint density at radius 3 is 2.64 bits per heavy atom. The highest BCUT2D eigenvalue weighted by molar-refractivity contribution is 8.18. The van der Waals surface area contributed by atoms with Crippen molar-refractivity contribution in [2.75, 3.05) is 25.0 Å². The van der Waals surface area contributed by atoms with Crippen LogP contribution in [0.3, 0.4) is 0 Å². The molecule has 2 aromatic carbocycles. The van der Waals surface area contributed by atoms with E-state index in [4.69, 9.17) is 11.6 Å². The summed E-state index contributed by atoms with van der Waals surface area (Å²) in [5.41, 5.74) is 4.31. The van der Waals surface area contributed by atoms with Gasteiger partial charge < -0.3 is 4.90 Å². The Bertz CT molecular complexity index is 979. The van der Waals surface area contributed by atoms with Crippen molar-refractivity contribution in [3.05, 3.63) is 63.5 Å². The fourth-order valence-corrected chi connectivity index (χ4v) is 4.71. The molecule has 2 aromatic rings. The van der Waals surface area contributed by atoms with Crippen LogP contribution in [0.5, 0.6) is 0 Å². The lowest BCUT2D eigenvalue weighted by atomic mass is 10.1. The zero-order valence-electron chi connectivity index (χ0n) is 16.0. The van der Waals surface area contributed by atoms with Crippen molar-refractivity contribution < 1.29 is 4.79 Å². The zero-order chi connectivity index (χ0) is 19.7. The predicted octanol–water partition coefficient (Wildman–Crippen LogP) is 5.48. The highest BCUT2D eigenvalue weighted by Crippen LogP contribution is 2.34. The average Bonchev–Trinajstić information content (AvgIpc) is 3.28. The molecule has 0 bridgehead atoms. The molecule has 4 rings (SSSR count). The van der Waals surface area contributed by atoms with Gasteiger partial charge in [-0.1, -0.05) is 23.7 Å². The minimum Gasteiger partial charge on any atom is -0.371 e. The van der Waals surface area contributed by atoms with Crippen molar-refractivity contribution in [1.82, 2.24) is 4.90 Å². The third kappa shape index (κ3) is 3.96. The average molecular weight is 412 g/mol. The number of rotatable bonds is 3. The van der Waals surface area contributed by atoms with Gasteiger partial charge in [-0.25, -0.2) is 4.99 Å². The number of halogens is 1. The quantitative estimate of drug-likeness (QED) is 0.627. The first-order valence-corrected chi connectivity index (χ1v) is 10.6. The molecule has 144 valence electrons. The van der Waals surface area contributed by atoms with Crippen LogP contribution < -0.4 is 4.90 Å². The fourth-order valence-electron chi connectivity index (χ4n) is 3.54. The maximum atomic E-state index is 12.7. The maximum Gasteiger partial charge on any atom is 0.266 e. The number of benzene rings is 2. The summed E-state index contributed by atoms with van der Waals surface area (Å²) in [4.78, 5) is 21.9. The highest BCUT2D eigenvalue weighted by Gasteiger charge is 2.30. The number of amidine groups is 1. The summed E-state index contributed by atoms with van der Waals surface area (Å²) >= 11 is 7.43. The fraction of sp³-hybridized carbons (Fsp3) is 0.273. The number of aliphatic imine (C=N–C) groups is 1. The van der Waals surface area contributed by atoms with Crippen LogP contribution in [-0.2, 0) is 4.79 Å². The monoisotopic (exact) mass is 411 g/mol. The summed E-state index contributed by atoms with van der Waals surface area (Å²) < 4.78 is 0. The molecule has 0 saturated carbocycles. The third-order valence-corrected chi connectivity index (χ3v) is 6.30. The van der Waals surface area contributed by atoms with Gasteiger partial charge in [-0.2, -0.15) is 0 Å². The summed E-state index contributed by atoms with van der Waals surface area (Å²) in [7, 11) is 1.75. The Morgan fingerprint density at radius 2 is 1.93 bits per heavy atom. The molecule has 0 radical (unpaired) electrons. The van der Waals surface area contributed by atoms with E-state index in [9.17, 15) is 4.79 Å². The number of likely N-dealkylation sites (N-methyl/N-ethyl adjacent to an activating group) is 1. The van der Waals surface area contributed by atoms with Gasteiger partial charge in [0.2, 0.25) is 0 Å². The smallest absolute Gasteiger partial charge is 0.266 e. The number of thioether (sulfide) groups is 1. The molecule has 0 unspecified atom stereocenters. The molecule has 2 aliphatic heterocycles. The summed E-state index contributed by atoms with van der Waals surface area (Å²) in [5, 5.41) is 1.28. The first-order valence-electron chi connectivity index (χ1n) is 9.39. The molecule has 6 heteroatoms. The summed E-state index contributed by atoms with van der Waals surface area (Å²) in [5.74, 6) is -0.0351. The van der Waals surface area contributed by atoms with E-state index < -0.39 is 0 Å². The number of aryl methyl sites for hydroxylation is 1. The summed E-state index contributed by atoms with van der Waals surface area (Å²) in [6.45, 7) is 4.39. The normalized spacial score (nSPS) is 20.0. The Kier molecular flexibility index (Phi) is 5.47. The van der Waals surface area contributed by atoms with Gasteiger partial charge in [-0.3, -0.25) is 9.69 Å². The molecule has 0 spiro atoms. The second-order valence-electron chi connectivity index (χ2n) is 7.09. The number of hydrogen-bond donors (Lipinski definition) is 0. The molecular weight excluding hydrogens is 390 g/mol. The van der Waals surface area contributed by atoms with Crippen LogP contribution in [0.2, 0.25) is 5.02 Å². The summed E-state index contributed by atoms with van der Waals surface area (Å²) in [6.07, 6.45) is 4.47. The standard InChI is InChI=1S/C22H22ClN3OS/c1-15-12-16(8-9-19(15)26-10-3-4-11-26)13-20-21(27)25(2)22(28-20)24-18-7-5-6-17(23)14-18/h5-9,12-14H,3-4,10-11H2,1-2H3/b20-13+,24-22?. The molecule has 1 amide bonds. The van der Waals surface area contributed by atoms with E-state index in [2.05, 4.69) is 35.0 Å². The minimum atomic E-state index is -0.0351. The molecule has 0 N–H and O–H groups in total. The van der Waals surface area contributed by atoms with Crippen molar-refractivity contribution in [3.63, 3.8) is 0 Å². The molecule has 0 aromatic heterocycles. The number of anilines is 1. The van der Waals surface area contributed by atoms with Crippen LogP contribution >= 0.6 is 23.4 Å². The van der Waals surface area contributed by atoms with E-state index in [1.165, 1.54) is 35.9 Å². The van der Waals surface area contributed by atoms with Crippen molar-refractivity contribution in [3.8, 4) is 0 Å². The second-order valence-corrected chi connectivity index (χ2v) is 8.53. The van der Waals surface area contributed by atoms with Crippen molar-refractivity contribution in [2.24, 2.45) is 4.99 Å². The number of carbonyl (C=O) groups excluding carboxylic acids is 1. The predicted molar refractivity (Wildman–Crippen MR) is 120 cm³/mol. The lowest BCUT2D eigenvalue weighted by molar-refractivity contribution is -0.121. The Morgan fingerprint density at radius 1 is 1.14 bits per heavy atom. The maximum absolute atomic E-state index is 12.7. The largest absolute Gasteiger partial charge is 0.371 e. The SMILES string of the molecule is Cc1cc(/C=C2/SC(=Nc3cccc(Cl)c3)N(C)C2=O)ccc1N1CCCC1. The van der Waals surface area contributed by atoms with Crippen molar-refractivity contribution in [1.29, 1.82) is 0 Å². The van der Waals surface area contributed by atoms with Crippen molar-refractivity contribution >= 4 is 51.9 Å². The van der Waals surface area contributed by atoms with Gasteiger partial charge in [-0.15, -0.1) is 0 Å². The van der Waals surface area contributed by atoms with Crippen molar-refractivity contribution in [2.45, 2.75) is 19.8 Å². The van der Waals surface area contributed by atoms with Gasteiger partial charge in [0.15, 0.2) is 5.17 Å². The minimum absolute atomic E-state index is 0.0351. The van der Waals surface area contributed by atoms with Gasteiger partial charge in [0, 0.05) is 30.8 Å². The number of hydrogen-bond acceptors (Lipinski definition) is 4.